The standard InChI is InChI=1S/C21H21NO4/c1-16(20-8-5-13-24-20)22-21(23)15-26-19-11-9-18(10-12-19)25-14-17-6-3-2-4-7-17/h2-13,16H,14-15H2,1H3,(H,22,23)/t16-/m0/s1. The minimum atomic E-state index is -0.210. The molecule has 0 bridgehead atoms. The zero-order valence-corrected chi connectivity index (χ0v) is 14.6. The molecule has 0 unspecified atom stereocenters. The molecule has 1 N–H and O–H groups in total. The zero-order valence-electron chi connectivity index (χ0n) is 14.6. The molecule has 0 aliphatic heterocycles. The van der Waals surface area contributed by atoms with E-state index in [-0.39, 0.29) is 18.6 Å². The highest BCUT2D eigenvalue weighted by atomic mass is 16.5. The molecule has 5 nitrogen and oxygen atoms in total. The Bertz CT molecular complexity index is 798. The van der Waals surface area contributed by atoms with E-state index in [4.69, 9.17) is 13.9 Å². The zero-order chi connectivity index (χ0) is 18.2. The van der Waals surface area contributed by atoms with E-state index in [0.29, 0.717) is 18.1 Å². The average Bonchev–Trinajstić information content (AvgIpc) is 3.21. The summed E-state index contributed by atoms with van der Waals surface area (Å²) in [6, 6.07) is 20.6. The first-order valence-corrected chi connectivity index (χ1v) is 8.43. The van der Waals surface area contributed by atoms with Crippen molar-refractivity contribution in [1.82, 2.24) is 5.32 Å². The molecule has 0 fully saturated rings. The first-order chi connectivity index (χ1) is 12.7. The number of rotatable bonds is 8. The van der Waals surface area contributed by atoms with E-state index in [9.17, 15) is 4.79 Å². The summed E-state index contributed by atoms with van der Waals surface area (Å²) in [7, 11) is 0. The van der Waals surface area contributed by atoms with Crippen molar-refractivity contribution in [1.29, 1.82) is 0 Å². The third-order valence-corrected chi connectivity index (χ3v) is 3.79. The van der Waals surface area contributed by atoms with Gasteiger partial charge in [0.05, 0.1) is 12.3 Å². The Hall–Kier alpha value is -3.21. The Balaban J connectivity index is 1.43. The van der Waals surface area contributed by atoms with Crippen LogP contribution in [0.15, 0.2) is 77.4 Å². The van der Waals surface area contributed by atoms with Gasteiger partial charge in [0.15, 0.2) is 6.61 Å². The smallest absolute Gasteiger partial charge is 0.258 e. The molecule has 0 spiro atoms. The van der Waals surface area contributed by atoms with Gasteiger partial charge in [-0.15, -0.1) is 0 Å². The summed E-state index contributed by atoms with van der Waals surface area (Å²) in [5.74, 6) is 1.85. The second-order valence-corrected chi connectivity index (χ2v) is 5.84. The fourth-order valence-corrected chi connectivity index (χ4v) is 2.41. The third kappa shape index (κ3) is 5.14. The summed E-state index contributed by atoms with van der Waals surface area (Å²) in [5.41, 5.74) is 1.11. The Morgan fingerprint density at radius 2 is 1.65 bits per heavy atom. The molecule has 0 radical (unpaired) electrons. The first-order valence-electron chi connectivity index (χ1n) is 8.43. The van der Waals surface area contributed by atoms with Gasteiger partial charge in [0.25, 0.3) is 5.91 Å². The molecule has 2 aromatic carbocycles. The number of carbonyl (C=O) groups is 1. The maximum absolute atomic E-state index is 11.9. The lowest BCUT2D eigenvalue weighted by atomic mass is 10.2. The molecule has 5 heteroatoms. The number of ether oxygens (including phenoxy) is 2. The molecular formula is C21H21NO4. The van der Waals surface area contributed by atoms with Crippen LogP contribution < -0.4 is 14.8 Å². The molecule has 26 heavy (non-hydrogen) atoms. The van der Waals surface area contributed by atoms with Crippen molar-refractivity contribution in [2.45, 2.75) is 19.6 Å². The molecule has 0 saturated heterocycles. The van der Waals surface area contributed by atoms with E-state index in [1.165, 1.54) is 0 Å². The number of hydrogen-bond acceptors (Lipinski definition) is 4. The maximum Gasteiger partial charge on any atom is 0.258 e. The summed E-state index contributed by atoms with van der Waals surface area (Å²) in [4.78, 5) is 11.9. The molecule has 1 amide bonds. The van der Waals surface area contributed by atoms with Crippen LogP contribution in [0.1, 0.15) is 24.3 Å². The predicted molar refractivity (Wildman–Crippen MR) is 98.0 cm³/mol. The van der Waals surface area contributed by atoms with Gasteiger partial charge in [-0.1, -0.05) is 30.3 Å². The number of furan rings is 1. The van der Waals surface area contributed by atoms with Crippen molar-refractivity contribution in [3.63, 3.8) is 0 Å². The second-order valence-electron chi connectivity index (χ2n) is 5.84. The SMILES string of the molecule is C[C@H](NC(=O)COc1ccc(OCc2ccccc2)cc1)c1ccco1. The number of nitrogens with one attached hydrogen (secondary N) is 1. The number of carbonyl (C=O) groups excluding carboxylic acids is 1. The van der Waals surface area contributed by atoms with Gasteiger partial charge in [-0.05, 0) is 48.9 Å². The van der Waals surface area contributed by atoms with E-state index >= 15 is 0 Å². The van der Waals surface area contributed by atoms with Gasteiger partial charge in [-0.2, -0.15) is 0 Å². The topological polar surface area (TPSA) is 60.7 Å². The van der Waals surface area contributed by atoms with E-state index < -0.39 is 0 Å². The van der Waals surface area contributed by atoms with Crippen molar-refractivity contribution in [2.24, 2.45) is 0 Å². The molecule has 1 atom stereocenters. The van der Waals surface area contributed by atoms with E-state index in [0.717, 1.165) is 11.3 Å². The average molecular weight is 351 g/mol. The highest BCUT2D eigenvalue weighted by molar-refractivity contribution is 5.77. The van der Waals surface area contributed by atoms with Crippen LogP contribution >= 0.6 is 0 Å². The summed E-state index contributed by atoms with van der Waals surface area (Å²) >= 11 is 0. The molecule has 0 saturated carbocycles. The van der Waals surface area contributed by atoms with Crippen molar-refractivity contribution in [3.05, 3.63) is 84.3 Å². The van der Waals surface area contributed by atoms with Gasteiger partial charge < -0.3 is 19.2 Å². The van der Waals surface area contributed by atoms with Gasteiger partial charge in [0.2, 0.25) is 0 Å². The number of hydrogen-bond donors (Lipinski definition) is 1. The van der Waals surface area contributed by atoms with Crippen LogP contribution in [-0.2, 0) is 11.4 Å². The quantitative estimate of drug-likeness (QED) is 0.663. The van der Waals surface area contributed by atoms with E-state index in [2.05, 4.69) is 5.32 Å². The highest BCUT2D eigenvalue weighted by Gasteiger charge is 2.12. The van der Waals surface area contributed by atoms with E-state index in [1.807, 2.05) is 55.5 Å². The molecule has 1 aromatic heterocycles. The van der Waals surface area contributed by atoms with Gasteiger partial charge in [0, 0.05) is 0 Å². The molecule has 0 aliphatic rings. The maximum atomic E-state index is 11.9. The van der Waals surface area contributed by atoms with Gasteiger partial charge >= 0.3 is 0 Å². The Kier molecular flexibility index (Phi) is 5.93. The normalized spacial score (nSPS) is 11.6. The Labute approximate surface area is 152 Å². The van der Waals surface area contributed by atoms with Gasteiger partial charge in [0.1, 0.15) is 23.9 Å². The monoisotopic (exact) mass is 351 g/mol. The third-order valence-electron chi connectivity index (χ3n) is 3.79. The van der Waals surface area contributed by atoms with Gasteiger partial charge in [-0.3, -0.25) is 4.79 Å². The fourth-order valence-electron chi connectivity index (χ4n) is 2.41. The fraction of sp³-hybridized carbons (Fsp3) is 0.190. The Morgan fingerprint density at radius 3 is 2.31 bits per heavy atom. The largest absolute Gasteiger partial charge is 0.489 e. The molecule has 3 rings (SSSR count). The van der Waals surface area contributed by atoms with Crippen LogP contribution in [0.3, 0.4) is 0 Å². The van der Waals surface area contributed by atoms with Crippen LogP contribution in [0.5, 0.6) is 11.5 Å². The number of benzene rings is 2. The summed E-state index contributed by atoms with van der Waals surface area (Å²) in [6.07, 6.45) is 1.58. The summed E-state index contributed by atoms with van der Waals surface area (Å²) in [5, 5.41) is 2.82. The van der Waals surface area contributed by atoms with Crippen LogP contribution in [0.2, 0.25) is 0 Å². The molecule has 3 aromatic rings. The number of amides is 1. The van der Waals surface area contributed by atoms with Crippen LogP contribution in [0.25, 0.3) is 0 Å². The molecular weight excluding hydrogens is 330 g/mol. The van der Waals surface area contributed by atoms with Crippen LogP contribution in [0, 0.1) is 0 Å². The summed E-state index contributed by atoms with van der Waals surface area (Å²) in [6.45, 7) is 2.30. The van der Waals surface area contributed by atoms with Crippen molar-refractivity contribution >= 4 is 5.91 Å². The van der Waals surface area contributed by atoms with E-state index in [1.54, 1.807) is 24.5 Å². The lowest BCUT2D eigenvalue weighted by Gasteiger charge is -2.12. The minimum Gasteiger partial charge on any atom is -0.489 e. The van der Waals surface area contributed by atoms with Crippen molar-refractivity contribution < 1.29 is 18.7 Å². The lowest BCUT2D eigenvalue weighted by molar-refractivity contribution is -0.123. The van der Waals surface area contributed by atoms with Crippen LogP contribution in [-0.4, -0.2) is 12.5 Å². The Morgan fingerprint density at radius 1 is 0.962 bits per heavy atom. The molecule has 0 aliphatic carbocycles. The minimum absolute atomic E-state index is 0.0603. The van der Waals surface area contributed by atoms with Crippen molar-refractivity contribution in [3.8, 4) is 11.5 Å². The van der Waals surface area contributed by atoms with Crippen molar-refractivity contribution in [2.75, 3.05) is 6.61 Å². The lowest BCUT2D eigenvalue weighted by Crippen LogP contribution is -2.31. The van der Waals surface area contributed by atoms with Gasteiger partial charge in [-0.25, -0.2) is 0 Å². The molecule has 134 valence electrons. The molecule has 1 heterocycles. The second kappa shape index (κ2) is 8.76. The summed E-state index contributed by atoms with van der Waals surface area (Å²) < 4.78 is 16.5. The first kappa shape index (κ1) is 17.6. The predicted octanol–water partition coefficient (Wildman–Crippen LogP) is 4.11. The highest BCUT2D eigenvalue weighted by Crippen LogP contribution is 2.19. The van der Waals surface area contributed by atoms with Crippen LogP contribution in [0.4, 0.5) is 0 Å².